The molecule has 0 saturated heterocycles. The Morgan fingerprint density at radius 3 is 2.86 bits per heavy atom. The minimum atomic E-state index is 0.362. The highest BCUT2D eigenvalue weighted by Gasteiger charge is 2.15. The van der Waals surface area contributed by atoms with Crippen molar-refractivity contribution in [1.29, 1.82) is 0 Å². The van der Waals surface area contributed by atoms with Crippen molar-refractivity contribution >= 4 is 0 Å². The van der Waals surface area contributed by atoms with Crippen LogP contribution in [-0.2, 0) is 0 Å². The third kappa shape index (κ3) is 1.69. The molecule has 1 aliphatic rings. The van der Waals surface area contributed by atoms with Crippen molar-refractivity contribution in [2.24, 2.45) is 0 Å². The molecule has 2 heteroatoms. The van der Waals surface area contributed by atoms with E-state index < -0.39 is 0 Å². The second kappa shape index (κ2) is 3.91. The SMILES string of the molecule is CCCC(C)c1ccc2c(c1)OCO2. The minimum Gasteiger partial charge on any atom is -0.454 e. The summed E-state index contributed by atoms with van der Waals surface area (Å²) in [6.45, 7) is 4.82. The van der Waals surface area contributed by atoms with Crippen LogP contribution in [0.2, 0.25) is 0 Å². The standard InChI is InChI=1S/C12H16O2/c1-3-4-9(2)10-5-6-11-12(7-10)14-8-13-11/h5-7,9H,3-4,8H2,1-2H3. The monoisotopic (exact) mass is 192 g/mol. The molecule has 0 fully saturated rings. The summed E-state index contributed by atoms with van der Waals surface area (Å²) in [5.74, 6) is 2.37. The van der Waals surface area contributed by atoms with Gasteiger partial charge >= 0.3 is 0 Å². The molecule has 2 rings (SSSR count). The van der Waals surface area contributed by atoms with Gasteiger partial charge in [-0.2, -0.15) is 0 Å². The van der Waals surface area contributed by atoms with Crippen LogP contribution in [-0.4, -0.2) is 6.79 Å². The minimum absolute atomic E-state index is 0.362. The van der Waals surface area contributed by atoms with Gasteiger partial charge in [0.15, 0.2) is 11.5 Å². The fourth-order valence-corrected chi connectivity index (χ4v) is 1.82. The zero-order valence-electron chi connectivity index (χ0n) is 8.75. The first-order valence-corrected chi connectivity index (χ1v) is 5.21. The maximum atomic E-state index is 5.35. The van der Waals surface area contributed by atoms with E-state index in [9.17, 15) is 0 Å². The van der Waals surface area contributed by atoms with E-state index in [0.717, 1.165) is 11.5 Å². The average Bonchev–Trinajstić information content (AvgIpc) is 2.64. The molecule has 1 unspecified atom stereocenters. The highest BCUT2D eigenvalue weighted by atomic mass is 16.7. The lowest BCUT2D eigenvalue weighted by Gasteiger charge is -2.10. The Balaban J connectivity index is 2.19. The number of rotatable bonds is 3. The fraction of sp³-hybridized carbons (Fsp3) is 0.500. The van der Waals surface area contributed by atoms with Gasteiger partial charge in [-0.3, -0.25) is 0 Å². The highest BCUT2D eigenvalue weighted by molar-refractivity contribution is 5.45. The average molecular weight is 192 g/mol. The molecular formula is C12H16O2. The molecule has 14 heavy (non-hydrogen) atoms. The van der Waals surface area contributed by atoms with E-state index in [-0.39, 0.29) is 0 Å². The predicted octanol–water partition coefficient (Wildman–Crippen LogP) is 3.32. The van der Waals surface area contributed by atoms with E-state index in [1.54, 1.807) is 0 Å². The Bertz CT molecular complexity index is 320. The third-order valence-electron chi connectivity index (χ3n) is 2.69. The van der Waals surface area contributed by atoms with Gasteiger partial charge in [-0.1, -0.05) is 26.3 Å². The Labute approximate surface area is 84.8 Å². The first-order chi connectivity index (χ1) is 6.81. The molecule has 0 spiro atoms. The van der Waals surface area contributed by atoms with E-state index in [4.69, 9.17) is 9.47 Å². The molecule has 1 aliphatic heterocycles. The van der Waals surface area contributed by atoms with Crippen molar-refractivity contribution in [3.05, 3.63) is 23.8 Å². The molecule has 0 N–H and O–H groups in total. The molecule has 0 bridgehead atoms. The Hall–Kier alpha value is -1.18. The van der Waals surface area contributed by atoms with Crippen LogP contribution in [0.4, 0.5) is 0 Å². The van der Waals surface area contributed by atoms with Gasteiger partial charge in [0.25, 0.3) is 0 Å². The summed E-state index contributed by atoms with van der Waals surface area (Å²) in [4.78, 5) is 0. The summed E-state index contributed by atoms with van der Waals surface area (Å²) in [7, 11) is 0. The molecule has 1 aromatic rings. The second-order valence-electron chi connectivity index (χ2n) is 3.80. The lowest BCUT2D eigenvalue weighted by molar-refractivity contribution is 0.174. The second-order valence-corrected chi connectivity index (χ2v) is 3.80. The lowest BCUT2D eigenvalue weighted by atomic mass is 9.96. The molecule has 1 atom stereocenters. The van der Waals surface area contributed by atoms with E-state index in [1.807, 2.05) is 6.07 Å². The van der Waals surface area contributed by atoms with Crippen LogP contribution < -0.4 is 9.47 Å². The van der Waals surface area contributed by atoms with Gasteiger partial charge < -0.3 is 9.47 Å². The molecule has 0 aliphatic carbocycles. The van der Waals surface area contributed by atoms with Crippen molar-refractivity contribution in [2.75, 3.05) is 6.79 Å². The molecule has 1 aromatic carbocycles. The summed E-state index contributed by atoms with van der Waals surface area (Å²) in [5, 5.41) is 0. The molecule has 0 radical (unpaired) electrons. The van der Waals surface area contributed by atoms with Gasteiger partial charge in [0.05, 0.1) is 0 Å². The topological polar surface area (TPSA) is 18.5 Å². The zero-order chi connectivity index (χ0) is 9.97. The maximum absolute atomic E-state index is 5.35. The van der Waals surface area contributed by atoms with Crippen LogP contribution in [0.3, 0.4) is 0 Å². The maximum Gasteiger partial charge on any atom is 0.231 e. The number of hydrogen-bond donors (Lipinski definition) is 0. The highest BCUT2D eigenvalue weighted by Crippen LogP contribution is 2.35. The van der Waals surface area contributed by atoms with E-state index in [1.165, 1.54) is 18.4 Å². The van der Waals surface area contributed by atoms with Gasteiger partial charge in [0.1, 0.15) is 0 Å². The summed E-state index contributed by atoms with van der Waals surface area (Å²) < 4.78 is 10.6. The molecule has 2 nitrogen and oxygen atoms in total. The van der Waals surface area contributed by atoms with E-state index in [0.29, 0.717) is 12.7 Å². The lowest BCUT2D eigenvalue weighted by Crippen LogP contribution is -1.93. The normalized spacial score (nSPS) is 15.6. The quantitative estimate of drug-likeness (QED) is 0.731. The van der Waals surface area contributed by atoms with Gasteiger partial charge in [-0.15, -0.1) is 0 Å². The van der Waals surface area contributed by atoms with Crippen LogP contribution in [0.1, 0.15) is 38.2 Å². The van der Waals surface area contributed by atoms with Crippen molar-refractivity contribution in [3.8, 4) is 11.5 Å². The molecule has 0 aromatic heterocycles. The number of fused-ring (bicyclic) bond motifs is 1. The van der Waals surface area contributed by atoms with Crippen LogP contribution in [0.25, 0.3) is 0 Å². The van der Waals surface area contributed by atoms with Gasteiger partial charge in [0, 0.05) is 0 Å². The summed E-state index contributed by atoms with van der Waals surface area (Å²) in [6.07, 6.45) is 2.44. The molecule has 0 amide bonds. The predicted molar refractivity (Wildman–Crippen MR) is 55.9 cm³/mol. The fourth-order valence-electron chi connectivity index (χ4n) is 1.82. The first-order valence-electron chi connectivity index (χ1n) is 5.21. The summed E-state index contributed by atoms with van der Waals surface area (Å²) >= 11 is 0. The van der Waals surface area contributed by atoms with Gasteiger partial charge in [-0.25, -0.2) is 0 Å². The van der Waals surface area contributed by atoms with Crippen molar-refractivity contribution in [2.45, 2.75) is 32.6 Å². The summed E-state index contributed by atoms with van der Waals surface area (Å²) in [6, 6.07) is 6.24. The van der Waals surface area contributed by atoms with Crippen LogP contribution >= 0.6 is 0 Å². The van der Waals surface area contributed by atoms with Crippen LogP contribution in [0, 0.1) is 0 Å². The molecule has 76 valence electrons. The Kier molecular flexibility index (Phi) is 2.62. The van der Waals surface area contributed by atoms with Crippen molar-refractivity contribution < 1.29 is 9.47 Å². The van der Waals surface area contributed by atoms with E-state index >= 15 is 0 Å². The zero-order valence-corrected chi connectivity index (χ0v) is 8.75. The van der Waals surface area contributed by atoms with Gasteiger partial charge in [0.2, 0.25) is 6.79 Å². The number of benzene rings is 1. The van der Waals surface area contributed by atoms with Crippen molar-refractivity contribution in [3.63, 3.8) is 0 Å². The summed E-state index contributed by atoms with van der Waals surface area (Å²) in [5.41, 5.74) is 1.34. The van der Waals surface area contributed by atoms with Crippen LogP contribution in [0.15, 0.2) is 18.2 Å². The van der Waals surface area contributed by atoms with E-state index in [2.05, 4.69) is 26.0 Å². The first kappa shape index (κ1) is 9.38. The van der Waals surface area contributed by atoms with Crippen LogP contribution in [0.5, 0.6) is 11.5 Å². The Morgan fingerprint density at radius 1 is 1.29 bits per heavy atom. The smallest absolute Gasteiger partial charge is 0.231 e. The number of ether oxygens (including phenoxy) is 2. The largest absolute Gasteiger partial charge is 0.454 e. The molecular weight excluding hydrogens is 176 g/mol. The molecule has 0 saturated carbocycles. The molecule has 1 heterocycles. The van der Waals surface area contributed by atoms with Crippen molar-refractivity contribution in [1.82, 2.24) is 0 Å². The van der Waals surface area contributed by atoms with Gasteiger partial charge in [-0.05, 0) is 30.0 Å². The third-order valence-corrected chi connectivity index (χ3v) is 2.69. The number of hydrogen-bond acceptors (Lipinski definition) is 2. The Morgan fingerprint density at radius 2 is 2.07 bits per heavy atom.